The minimum Gasteiger partial charge on any atom is -0.355 e. The van der Waals surface area contributed by atoms with Crippen molar-refractivity contribution in [3.63, 3.8) is 0 Å². The van der Waals surface area contributed by atoms with Crippen molar-refractivity contribution < 1.29 is 9.59 Å². The molecule has 1 aromatic heterocycles. The number of amides is 2. The van der Waals surface area contributed by atoms with E-state index in [1.165, 1.54) is 0 Å². The average molecular weight is 318 g/mol. The summed E-state index contributed by atoms with van der Waals surface area (Å²) in [5.74, 6) is -1.20. The molecule has 22 heavy (non-hydrogen) atoms. The lowest BCUT2D eigenvalue weighted by atomic mass is 9.74. The molecule has 0 radical (unpaired) electrons. The zero-order valence-corrected chi connectivity index (χ0v) is 13.5. The summed E-state index contributed by atoms with van der Waals surface area (Å²) in [7, 11) is 0. The number of nitrogens with zero attached hydrogens (tertiary/aromatic N) is 2. The van der Waals surface area contributed by atoms with Crippen molar-refractivity contribution in [2.45, 2.75) is 20.8 Å². The molecule has 0 unspecified atom stereocenters. The van der Waals surface area contributed by atoms with Gasteiger partial charge in [0, 0.05) is 12.5 Å². The maximum atomic E-state index is 12.6. The molecular formula is C15H18N4O2S. The second kappa shape index (κ2) is 5.31. The third kappa shape index (κ3) is 2.56. The Balaban J connectivity index is 1.87. The topological polar surface area (TPSA) is 84.0 Å². The smallest absolute Gasteiger partial charge is 0.237 e. The summed E-state index contributed by atoms with van der Waals surface area (Å²) in [5, 5.41) is 5.65. The normalized spacial score (nSPS) is 21.9. The number of fused-ring (bicyclic) bond motifs is 1. The maximum absolute atomic E-state index is 12.6. The quantitative estimate of drug-likeness (QED) is 0.830. The zero-order valence-electron chi connectivity index (χ0n) is 12.7. The fourth-order valence-electron chi connectivity index (χ4n) is 2.85. The number of carbonyl (C=O) groups is 2. The lowest BCUT2D eigenvalue weighted by Gasteiger charge is -2.29. The molecule has 1 saturated heterocycles. The molecule has 3 rings (SSSR count). The lowest BCUT2D eigenvalue weighted by Crippen LogP contribution is -2.37. The molecule has 1 aromatic carbocycles. The van der Waals surface area contributed by atoms with Crippen LogP contribution in [0.4, 0.5) is 5.69 Å². The fraction of sp³-hybridized carbons (Fsp3) is 0.467. The summed E-state index contributed by atoms with van der Waals surface area (Å²) in [4.78, 5) is 24.7. The molecule has 0 saturated carbocycles. The minimum atomic E-state index is -0.679. The van der Waals surface area contributed by atoms with Gasteiger partial charge in [-0.2, -0.15) is 8.75 Å². The van der Waals surface area contributed by atoms with E-state index in [-0.39, 0.29) is 23.1 Å². The summed E-state index contributed by atoms with van der Waals surface area (Å²) in [6.07, 6.45) is 0. The second-order valence-electron chi connectivity index (χ2n) is 6.62. The monoisotopic (exact) mass is 318 g/mol. The van der Waals surface area contributed by atoms with Crippen molar-refractivity contribution in [1.82, 2.24) is 14.1 Å². The predicted molar refractivity (Wildman–Crippen MR) is 85.5 cm³/mol. The Morgan fingerprint density at radius 2 is 2.14 bits per heavy atom. The van der Waals surface area contributed by atoms with Crippen LogP contribution in [0.25, 0.3) is 11.0 Å². The van der Waals surface area contributed by atoms with Crippen LogP contribution < -0.4 is 10.6 Å². The van der Waals surface area contributed by atoms with Crippen LogP contribution in [0.2, 0.25) is 0 Å². The molecule has 1 aliphatic heterocycles. The maximum Gasteiger partial charge on any atom is 0.237 e. The van der Waals surface area contributed by atoms with E-state index in [4.69, 9.17) is 0 Å². The van der Waals surface area contributed by atoms with Crippen LogP contribution >= 0.6 is 11.7 Å². The minimum absolute atomic E-state index is 0.0345. The van der Waals surface area contributed by atoms with Crippen LogP contribution in [0.15, 0.2) is 18.2 Å². The Labute approximate surface area is 132 Å². The lowest BCUT2D eigenvalue weighted by molar-refractivity contribution is -0.132. The zero-order chi connectivity index (χ0) is 15.9. The van der Waals surface area contributed by atoms with Gasteiger partial charge in [-0.1, -0.05) is 26.8 Å². The Morgan fingerprint density at radius 3 is 2.86 bits per heavy atom. The number of carbonyl (C=O) groups excluding carboxylic acids is 2. The molecule has 2 heterocycles. The van der Waals surface area contributed by atoms with Crippen LogP contribution in [0, 0.1) is 17.3 Å². The molecule has 0 bridgehead atoms. The SMILES string of the molecule is CC(C)(C)[C@@H]1CNC(=O)[C@H]1C(=O)Nc1cccc2nsnc12. The van der Waals surface area contributed by atoms with E-state index in [1.54, 1.807) is 6.07 Å². The summed E-state index contributed by atoms with van der Waals surface area (Å²) in [6.45, 7) is 6.67. The van der Waals surface area contributed by atoms with Gasteiger partial charge in [0.1, 0.15) is 17.0 Å². The summed E-state index contributed by atoms with van der Waals surface area (Å²) >= 11 is 1.10. The van der Waals surface area contributed by atoms with Crippen molar-refractivity contribution in [3.05, 3.63) is 18.2 Å². The van der Waals surface area contributed by atoms with Gasteiger partial charge in [-0.25, -0.2) is 0 Å². The highest BCUT2D eigenvalue weighted by Gasteiger charge is 2.45. The number of rotatable bonds is 2. The Bertz CT molecular complexity index is 734. The third-order valence-corrected chi connectivity index (χ3v) is 4.66. The van der Waals surface area contributed by atoms with Gasteiger partial charge in [0.2, 0.25) is 11.8 Å². The highest BCUT2D eigenvalue weighted by Crippen LogP contribution is 2.36. The van der Waals surface area contributed by atoms with E-state index in [0.717, 1.165) is 17.2 Å². The van der Waals surface area contributed by atoms with E-state index in [2.05, 4.69) is 19.4 Å². The number of nitrogens with one attached hydrogen (secondary N) is 2. The molecule has 1 aliphatic rings. The van der Waals surface area contributed by atoms with Crippen molar-refractivity contribution in [2.24, 2.45) is 17.3 Å². The Kier molecular flexibility index (Phi) is 3.60. The van der Waals surface area contributed by atoms with E-state index >= 15 is 0 Å². The van der Waals surface area contributed by atoms with Crippen LogP contribution in [-0.4, -0.2) is 27.1 Å². The Morgan fingerprint density at radius 1 is 1.36 bits per heavy atom. The first kappa shape index (κ1) is 14.9. The van der Waals surface area contributed by atoms with E-state index in [1.807, 2.05) is 32.9 Å². The second-order valence-corrected chi connectivity index (χ2v) is 7.15. The van der Waals surface area contributed by atoms with Gasteiger partial charge < -0.3 is 10.6 Å². The summed E-state index contributed by atoms with van der Waals surface area (Å²) < 4.78 is 8.35. The van der Waals surface area contributed by atoms with Gasteiger partial charge in [-0.05, 0) is 17.5 Å². The fourth-order valence-corrected chi connectivity index (χ4v) is 3.40. The first-order chi connectivity index (χ1) is 10.4. The van der Waals surface area contributed by atoms with Crippen LogP contribution in [0.5, 0.6) is 0 Å². The summed E-state index contributed by atoms with van der Waals surface area (Å²) in [6, 6.07) is 5.44. The molecular weight excluding hydrogens is 300 g/mol. The molecule has 116 valence electrons. The first-order valence-electron chi connectivity index (χ1n) is 7.18. The van der Waals surface area contributed by atoms with Gasteiger partial charge >= 0.3 is 0 Å². The number of benzene rings is 1. The molecule has 6 nitrogen and oxygen atoms in total. The average Bonchev–Trinajstić information content (AvgIpc) is 3.04. The van der Waals surface area contributed by atoms with Gasteiger partial charge in [0.05, 0.1) is 17.4 Å². The van der Waals surface area contributed by atoms with Gasteiger partial charge in [-0.3, -0.25) is 9.59 Å². The molecule has 2 amide bonds. The Hall–Kier alpha value is -2.02. The van der Waals surface area contributed by atoms with Crippen molar-refractivity contribution >= 4 is 40.3 Å². The van der Waals surface area contributed by atoms with Crippen molar-refractivity contribution in [2.75, 3.05) is 11.9 Å². The van der Waals surface area contributed by atoms with Crippen LogP contribution in [0.1, 0.15) is 20.8 Å². The van der Waals surface area contributed by atoms with Crippen molar-refractivity contribution in [1.29, 1.82) is 0 Å². The van der Waals surface area contributed by atoms with E-state index in [0.29, 0.717) is 17.7 Å². The number of hydrogen-bond acceptors (Lipinski definition) is 5. The molecule has 2 aromatic rings. The molecule has 1 fully saturated rings. The standard InChI is InChI=1S/C15H18N4O2S/c1-15(2,3)8-7-16-13(20)11(8)14(21)17-9-5-4-6-10-12(9)19-22-18-10/h4-6,8,11H,7H2,1-3H3,(H,16,20)(H,17,21)/t8-,11+/m1/s1. The highest BCUT2D eigenvalue weighted by molar-refractivity contribution is 7.00. The molecule has 2 N–H and O–H groups in total. The van der Waals surface area contributed by atoms with Gasteiger partial charge in [-0.15, -0.1) is 0 Å². The largest absolute Gasteiger partial charge is 0.355 e. The van der Waals surface area contributed by atoms with Crippen molar-refractivity contribution in [3.8, 4) is 0 Å². The third-order valence-electron chi connectivity index (χ3n) is 4.12. The van der Waals surface area contributed by atoms with E-state index < -0.39 is 5.92 Å². The van der Waals surface area contributed by atoms with Gasteiger partial charge in [0.15, 0.2) is 0 Å². The molecule has 2 atom stereocenters. The first-order valence-corrected chi connectivity index (χ1v) is 7.91. The predicted octanol–water partition coefficient (Wildman–Crippen LogP) is 2.04. The highest BCUT2D eigenvalue weighted by atomic mass is 32.1. The molecule has 0 spiro atoms. The van der Waals surface area contributed by atoms with Gasteiger partial charge in [0.25, 0.3) is 0 Å². The van der Waals surface area contributed by atoms with Crippen LogP contribution in [-0.2, 0) is 9.59 Å². The number of aromatic nitrogens is 2. The molecule has 7 heteroatoms. The molecule has 0 aliphatic carbocycles. The van der Waals surface area contributed by atoms with E-state index in [9.17, 15) is 9.59 Å². The number of hydrogen-bond donors (Lipinski definition) is 2. The number of anilines is 1. The summed E-state index contributed by atoms with van der Waals surface area (Å²) in [5.41, 5.74) is 1.87. The van der Waals surface area contributed by atoms with Crippen LogP contribution in [0.3, 0.4) is 0 Å².